The second kappa shape index (κ2) is 5.96. The van der Waals surface area contributed by atoms with Crippen LogP contribution in [0.1, 0.15) is 53.6 Å². The van der Waals surface area contributed by atoms with Crippen LogP contribution in [0.15, 0.2) is 18.2 Å². The summed E-state index contributed by atoms with van der Waals surface area (Å²) in [6.07, 6.45) is 6.60. The topological polar surface area (TPSA) is 32.3 Å². The molecule has 1 aromatic carbocycles. The highest BCUT2D eigenvalue weighted by Crippen LogP contribution is 2.25. The van der Waals surface area contributed by atoms with Crippen molar-refractivity contribution in [2.45, 2.75) is 45.2 Å². The smallest absolute Gasteiger partial charge is 0.253 e. The summed E-state index contributed by atoms with van der Waals surface area (Å²) in [4.78, 5) is 14.4. The van der Waals surface area contributed by atoms with Gasteiger partial charge in [0.2, 0.25) is 0 Å². The summed E-state index contributed by atoms with van der Waals surface area (Å²) in [7, 11) is 1.95. The van der Waals surface area contributed by atoms with Crippen LogP contribution in [-0.2, 0) is 13.1 Å². The maximum Gasteiger partial charge on any atom is 0.253 e. The highest BCUT2D eigenvalue weighted by Gasteiger charge is 2.20. The molecule has 108 valence electrons. The fourth-order valence-corrected chi connectivity index (χ4v) is 3.49. The first kappa shape index (κ1) is 13.6. The molecule has 1 fully saturated rings. The van der Waals surface area contributed by atoms with Gasteiger partial charge in [0.25, 0.3) is 5.91 Å². The fraction of sp³-hybridized carbons (Fsp3) is 0.588. The highest BCUT2D eigenvalue weighted by molar-refractivity contribution is 5.94. The monoisotopic (exact) mass is 272 g/mol. The standard InChI is InChI=1S/C17H24N2O/c1-19(12-13-5-3-2-4-6-13)17(20)14-7-8-15-10-18-11-16(15)9-14/h7-9,13,18H,2-6,10-12H2,1H3. The van der Waals surface area contributed by atoms with Gasteiger partial charge in [-0.15, -0.1) is 0 Å². The number of carbonyl (C=O) groups is 1. The van der Waals surface area contributed by atoms with Crippen molar-refractivity contribution < 1.29 is 4.79 Å². The van der Waals surface area contributed by atoms with E-state index >= 15 is 0 Å². The summed E-state index contributed by atoms with van der Waals surface area (Å²) in [6, 6.07) is 6.14. The van der Waals surface area contributed by atoms with Gasteiger partial charge in [0.15, 0.2) is 0 Å². The molecule has 0 unspecified atom stereocenters. The van der Waals surface area contributed by atoms with Crippen molar-refractivity contribution in [1.29, 1.82) is 0 Å². The lowest BCUT2D eigenvalue weighted by molar-refractivity contribution is 0.0760. The third-order valence-corrected chi connectivity index (χ3v) is 4.69. The second-order valence-electron chi connectivity index (χ2n) is 6.28. The van der Waals surface area contributed by atoms with E-state index in [0.29, 0.717) is 5.92 Å². The summed E-state index contributed by atoms with van der Waals surface area (Å²) in [5.74, 6) is 0.874. The van der Waals surface area contributed by atoms with E-state index in [1.54, 1.807) is 0 Å². The van der Waals surface area contributed by atoms with Crippen molar-refractivity contribution in [2.75, 3.05) is 13.6 Å². The van der Waals surface area contributed by atoms with Crippen LogP contribution in [0.25, 0.3) is 0 Å². The van der Waals surface area contributed by atoms with Gasteiger partial charge in [0.1, 0.15) is 0 Å². The number of nitrogens with zero attached hydrogens (tertiary/aromatic N) is 1. The maximum atomic E-state index is 12.5. The Hall–Kier alpha value is -1.35. The van der Waals surface area contributed by atoms with Crippen LogP contribution in [0.5, 0.6) is 0 Å². The molecular weight excluding hydrogens is 248 g/mol. The van der Waals surface area contributed by atoms with E-state index in [0.717, 1.165) is 25.2 Å². The Morgan fingerprint density at radius 3 is 2.75 bits per heavy atom. The quantitative estimate of drug-likeness (QED) is 0.917. The molecule has 20 heavy (non-hydrogen) atoms. The van der Waals surface area contributed by atoms with Gasteiger partial charge >= 0.3 is 0 Å². The van der Waals surface area contributed by atoms with Crippen molar-refractivity contribution in [3.63, 3.8) is 0 Å². The summed E-state index contributed by atoms with van der Waals surface area (Å²) in [5.41, 5.74) is 3.45. The fourth-order valence-electron chi connectivity index (χ4n) is 3.49. The molecule has 1 aliphatic heterocycles. The first-order chi connectivity index (χ1) is 9.74. The number of rotatable bonds is 3. The minimum absolute atomic E-state index is 0.172. The largest absolute Gasteiger partial charge is 0.341 e. The summed E-state index contributed by atoms with van der Waals surface area (Å²) in [5, 5.41) is 3.32. The van der Waals surface area contributed by atoms with Gasteiger partial charge in [0, 0.05) is 32.2 Å². The lowest BCUT2D eigenvalue weighted by Gasteiger charge is -2.27. The van der Waals surface area contributed by atoms with Crippen LogP contribution in [0.2, 0.25) is 0 Å². The minimum atomic E-state index is 0.172. The van der Waals surface area contributed by atoms with Crippen molar-refractivity contribution in [3.8, 4) is 0 Å². The van der Waals surface area contributed by atoms with Gasteiger partial charge in [-0.3, -0.25) is 4.79 Å². The molecule has 1 N–H and O–H groups in total. The minimum Gasteiger partial charge on any atom is -0.341 e. The van der Waals surface area contributed by atoms with Gasteiger partial charge in [-0.1, -0.05) is 25.3 Å². The van der Waals surface area contributed by atoms with Crippen LogP contribution in [0.4, 0.5) is 0 Å². The molecule has 1 aliphatic carbocycles. The molecule has 0 bridgehead atoms. The van der Waals surface area contributed by atoms with Gasteiger partial charge in [-0.05, 0) is 42.0 Å². The van der Waals surface area contributed by atoms with Crippen LogP contribution in [-0.4, -0.2) is 24.4 Å². The lowest BCUT2D eigenvalue weighted by Crippen LogP contribution is -2.32. The van der Waals surface area contributed by atoms with Crippen LogP contribution >= 0.6 is 0 Å². The molecule has 3 nitrogen and oxygen atoms in total. The Labute approximate surface area is 121 Å². The molecule has 1 heterocycles. The molecule has 1 saturated carbocycles. The zero-order chi connectivity index (χ0) is 13.9. The number of carbonyl (C=O) groups excluding carboxylic acids is 1. The first-order valence-electron chi connectivity index (χ1n) is 7.82. The third kappa shape index (κ3) is 2.88. The zero-order valence-corrected chi connectivity index (χ0v) is 12.3. The van der Waals surface area contributed by atoms with Crippen molar-refractivity contribution in [3.05, 3.63) is 34.9 Å². The van der Waals surface area contributed by atoms with Crippen molar-refractivity contribution in [2.24, 2.45) is 5.92 Å². The SMILES string of the molecule is CN(CC1CCCCC1)C(=O)c1ccc2c(c1)CNC2. The summed E-state index contributed by atoms with van der Waals surface area (Å²) < 4.78 is 0. The van der Waals surface area contributed by atoms with Gasteiger partial charge < -0.3 is 10.2 Å². The van der Waals surface area contributed by atoms with E-state index in [9.17, 15) is 4.79 Å². The Bertz CT molecular complexity index is 492. The molecule has 0 saturated heterocycles. The van der Waals surface area contributed by atoms with E-state index in [-0.39, 0.29) is 5.91 Å². The predicted molar refractivity (Wildman–Crippen MR) is 80.5 cm³/mol. The molecule has 0 radical (unpaired) electrons. The van der Waals surface area contributed by atoms with E-state index < -0.39 is 0 Å². The van der Waals surface area contributed by atoms with Crippen LogP contribution in [0.3, 0.4) is 0 Å². The Morgan fingerprint density at radius 2 is 1.95 bits per heavy atom. The van der Waals surface area contributed by atoms with Crippen molar-refractivity contribution in [1.82, 2.24) is 10.2 Å². The Balaban J connectivity index is 1.65. The average molecular weight is 272 g/mol. The Kier molecular flexibility index (Phi) is 4.06. The van der Waals surface area contributed by atoms with E-state index in [1.165, 1.54) is 43.2 Å². The van der Waals surface area contributed by atoms with Gasteiger partial charge in [-0.2, -0.15) is 0 Å². The zero-order valence-electron chi connectivity index (χ0n) is 12.3. The number of hydrogen-bond donors (Lipinski definition) is 1. The molecule has 3 rings (SSSR count). The van der Waals surface area contributed by atoms with Gasteiger partial charge in [0.05, 0.1) is 0 Å². The number of benzene rings is 1. The maximum absolute atomic E-state index is 12.5. The summed E-state index contributed by atoms with van der Waals surface area (Å²) >= 11 is 0. The molecule has 0 atom stereocenters. The van der Waals surface area contributed by atoms with Crippen LogP contribution in [0, 0.1) is 5.92 Å². The Morgan fingerprint density at radius 1 is 1.20 bits per heavy atom. The first-order valence-corrected chi connectivity index (χ1v) is 7.82. The predicted octanol–water partition coefficient (Wildman–Crippen LogP) is 2.94. The van der Waals surface area contributed by atoms with Gasteiger partial charge in [-0.25, -0.2) is 0 Å². The molecule has 3 heteroatoms. The number of fused-ring (bicyclic) bond motifs is 1. The van der Waals surface area contributed by atoms with E-state index in [1.807, 2.05) is 18.0 Å². The lowest BCUT2D eigenvalue weighted by atomic mass is 9.89. The number of amides is 1. The number of nitrogens with one attached hydrogen (secondary N) is 1. The van der Waals surface area contributed by atoms with Crippen LogP contribution < -0.4 is 5.32 Å². The molecule has 1 aromatic rings. The highest BCUT2D eigenvalue weighted by atomic mass is 16.2. The molecular formula is C17H24N2O. The van der Waals surface area contributed by atoms with E-state index in [4.69, 9.17) is 0 Å². The number of hydrogen-bond acceptors (Lipinski definition) is 2. The second-order valence-corrected chi connectivity index (χ2v) is 6.28. The molecule has 0 aromatic heterocycles. The summed E-state index contributed by atoms with van der Waals surface area (Å²) in [6.45, 7) is 2.73. The third-order valence-electron chi connectivity index (χ3n) is 4.69. The van der Waals surface area contributed by atoms with E-state index in [2.05, 4.69) is 17.4 Å². The normalized spacial score (nSPS) is 18.9. The molecule has 1 amide bonds. The molecule has 0 spiro atoms. The van der Waals surface area contributed by atoms with Crippen molar-refractivity contribution >= 4 is 5.91 Å². The molecule has 2 aliphatic rings. The average Bonchev–Trinajstić information content (AvgIpc) is 2.94.